The molecule has 7 nitrogen and oxygen atoms in total. The molecule has 2 aliphatic rings. The van der Waals surface area contributed by atoms with Crippen molar-refractivity contribution >= 4 is 11.6 Å². The second-order valence-electron chi connectivity index (χ2n) is 8.07. The molecule has 2 aliphatic heterocycles. The van der Waals surface area contributed by atoms with Crippen LogP contribution in [0.3, 0.4) is 0 Å². The summed E-state index contributed by atoms with van der Waals surface area (Å²) in [5, 5.41) is 6.84. The quantitative estimate of drug-likeness (QED) is 0.346. The Hall–Kier alpha value is -1.83. The third-order valence-corrected chi connectivity index (χ3v) is 5.93. The Balaban J connectivity index is 1.65. The molecule has 2 fully saturated rings. The fourth-order valence-electron chi connectivity index (χ4n) is 4.24. The molecule has 2 N–H and O–H groups in total. The average Bonchev–Trinajstić information content (AvgIpc) is 3.32. The molecule has 0 atom stereocenters. The highest BCUT2D eigenvalue weighted by Gasteiger charge is 2.39. The Morgan fingerprint density at radius 3 is 2.73 bits per heavy atom. The monoisotopic (exact) mass is 418 g/mol. The highest BCUT2D eigenvalue weighted by Crippen LogP contribution is 2.31. The number of nitrogens with zero attached hydrogens (tertiary/aromatic N) is 2. The molecular weight excluding hydrogens is 380 g/mol. The van der Waals surface area contributed by atoms with E-state index in [9.17, 15) is 0 Å². The van der Waals surface area contributed by atoms with E-state index in [1.165, 1.54) is 25.9 Å². The summed E-state index contributed by atoms with van der Waals surface area (Å²) in [5.74, 6) is 1.67. The van der Waals surface area contributed by atoms with Gasteiger partial charge in [-0.15, -0.1) is 0 Å². The van der Waals surface area contributed by atoms with Gasteiger partial charge in [0.05, 0.1) is 13.2 Å². The van der Waals surface area contributed by atoms with Crippen LogP contribution in [0.1, 0.15) is 39.0 Å². The lowest BCUT2D eigenvalue weighted by atomic mass is 9.88. The van der Waals surface area contributed by atoms with E-state index in [0.29, 0.717) is 13.2 Å². The van der Waals surface area contributed by atoms with E-state index in [4.69, 9.17) is 19.2 Å². The van der Waals surface area contributed by atoms with Crippen molar-refractivity contribution < 1.29 is 14.2 Å². The molecule has 1 aromatic rings. The molecule has 168 valence electrons. The van der Waals surface area contributed by atoms with E-state index in [1.54, 1.807) is 7.11 Å². The molecule has 3 rings (SSSR count). The molecule has 0 unspecified atom stereocenters. The largest absolute Gasteiger partial charge is 0.493 e. The number of ether oxygens (including phenoxy) is 3. The van der Waals surface area contributed by atoms with Gasteiger partial charge < -0.3 is 24.8 Å². The number of nitrogens with one attached hydrogen (secondary N) is 2. The maximum Gasteiger partial charge on any atom is 0.195 e. The van der Waals surface area contributed by atoms with Gasteiger partial charge >= 0.3 is 0 Å². The SMILES string of the molecule is CCNC(=NCC1(N2CCCC2)CCOCC1)Nc1cccc(OCCCOC)c1. The summed E-state index contributed by atoms with van der Waals surface area (Å²) in [7, 11) is 1.71. The van der Waals surface area contributed by atoms with Gasteiger partial charge in [0.2, 0.25) is 0 Å². The number of guanidine groups is 1. The molecule has 0 spiro atoms. The third-order valence-electron chi connectivity index (χ3n) is 5.93. The summed E-state index contributed by atoms with van der Waals surface area (Å²) in [6.07, 6.45) is 5.57. The highest BCUT2D eigenvalue weighted by molar-refractivity contribution is 5.93. The van der Waals surface area contributed by atoms with Crippen LogP contribution < -0.4 is 15.4 Å². The van der Waals surface area contributed by atoms with Crippen molar-refractivity contribution in [2.24, 2.45) is 4.99 Å². The number of anilines is 1. The number of rotatable bonds is 10. The lowest BCUT2D eigenvalue weighted by Crippen LogP contribution is -2.53. The number of hydrogen-bond acceptors (Lipinski definition) is 5. The molecule has 0 amide bonds. The Morgan fingerprint density at radius 2 is 2.00 bits per heavy atom. The second kappa shape index (κ2) is 12.1. The predicted octanol–water partition coefficient (Wildman–Crippen LogP) is 3.12. The van der Waals surface area contributed by atoms with Gasteiger partial charge in [-0.1, -0.05) is 6.07 Å². The van der Waals surface area contributed by atoms with Crippen LogP contribution in [0.4, 0.5) is 5.69 Å². The smallest absolute Gasteiger partial charge is 0.195 e. The molecule has 2 saturated heterocycles. The molecule has 2 heterocycles. The predicted molar refractivity (Wildman–Crippen MR) is 122 cm³/mol. The topological polar surface area (TPSA) is 67.4 Å². The van der Waals surface area contributed by atoms with Gasteiger partial charge in [-0.2, -0.15) is 0 Å². The number of hydrogen-bond donors (Lipinski definition) is 2. The summed E-state index contributed by atoms with van der Waals surface area (Å²) < 4.78 is 16.6. The van der Waals surface area contributed by atoms with Crippen LogP contribution in [0.2, 0.25) is 0 Å². The summed E-state index contributed by atoms with van der Waals surface area (Å²) in [4.78, 5) is 7.66. The van der Waals surface area contributed by atoms with Gasteiger partial charge in [-0.3, -0.25) is 9.89 Å². The zero-order valence-electron chi connectivity index (χ0n) is 18.6. The van der Waals surface area contributed by atoms with Crippen molar-refractivity contribution in [3.05, 3.63) is 24.3 Å². The van der Waals surface area contributed by atoms with E-state index in [-0.39, 0.29) is 5.54 Å². The fraction of sp³-hybridized carbons (Fsp3) is 0.696. The van der Waals surface area contributed by atoms with Crippen LogP contribution in [-0.2, 0) is 9.47 Å². The third kappa shape index (κ3) is 6.59. The van der Waals surface area contributed by atoms with Crippen LogP contribution >= 0.6 is 0 Å². The normalized spacial score (nSPS) is 19.6. The molecule has 0 saturated carbocycles. The van der Waals surface area contributed by atoms with Crippen molar-refractivity contribution in [1.29, 1.82) is 0 Å². The second-order valence-corrected chi connectivity index (χ2v) is 8.07. The van der Waals surface area contributed by atoms with Gasteiger partial charge in [-0.25, -0.2) is 0 Å². The summed E-state index contributed by atoms with van der Waals surface area (Å²) in [5.41, 5.74) is 1.10. The van der Waals surface area contributed by atoms with Gasteiger partial charge in [0, 0.05) is 57.2 Å². The van der Waals surface area contributed by atoms with Crippen LogP contribution in [0, 0.1) is 0 Å². The van der Waals surface area contributed by atoms with E-state index in [1.807, 2.05) is 24.3 Å². The Labute approximate surface area is 181 Å². The Bertz CT molecular complexity index is 656. The summed E-state index contributed by atoms with van der Waals surface area (Å²) in [6.45, 7) is 9.08. The van der Waals surface area contributed by atoms with Crippen molar-refractivity contribution in [1.82, 2.24) is 10.2 Å². The van der Waals surface area contributed by atoms with Crippen molar-refractivity contribution in [2.45, 2.75) is 44.6 Å². The maximum absolute atomic E-state index is 5.83. The lowest BCUT2D eigenvalue weighted by Gasteiger charge is -2.43. The van der Waals surface area contributed by atoms with Gasteiger partial charge in [0.1, 0.15) is 5.75 Å². The van der Waals surface area contributed by atoms with Crippen LogP contribution in [0.5, 0.6) is 5.75 Å². The van der Waals surface area contributed by atoms with Crippen LogP contribution in [-0.4, -0.2) is 76.1 Å². The van der Waals surface area contributed by atoms with E-state index >= 15 is 0 Å². The molecule has 7 heteroatoms. The first-order valence-electron chi connectivity index (χ1n) is 11.4. The zero-order chi connectivity index (χ0) is 21.1. The van der Waals surface area contributed by atoms with Gasteiger partial charge in [0.25, 0.3) is 0 Å². The standard InChI is InChI=1S/C23H38N4O3/c1-3-24-22(26-20-8-6-9-21(18-20)30-15-7-14-28-2)25-19-23(10-16-29-17-11-23)27-12-4-5-13-27/h6,8-9,18H,3-5,7,10-17,19H2,1-2H3,(H2,24,25,26). The maximum atomic E-state index is 5.83. The summed E-state index contributed by atoms with van der Waals surface area (Å²) in [6, 6.07) is 8.04. The van der Waals surface area contributed by atoms with E-state index in [0.717, 1.165) is 63.0 Å². The molecular formula is C23H38N4O3. The average molecular weight is 419 g/mol. The fourth-order valence-corrected chi connectivity index (χ4v) is 4.24. The number of methoxy groups -OCH3 is 1. The Morgan fingerprint density at radius 1 is 1.20 bits per heavy atom. The molecule has 30 heavy (non-hydrogen) atoms. The number of aliphatic imine (C=N–C) groups is 1. The van der Waals surface area contributed by atoms with E-state index in [2.05, 4.69) is 22.5 Å². The van der Waals surface area contributed by atoms with Gasteiger partial charge in [0.15, 0.2) is 5.96 Å². The first kappa shape index (κ1) is 22.8. The minimum Gasteiger partial charge on any atom is -0.493 e. The Kier molecular flexibility index (Phi) is 9.24. The highest BCUT2D eigenvalue weighted by atomic mass is 16.5. The van der Waals surface area contributed by atoms with Crippen molar-refractivity contribution in [3.8, 4) is 5.75 Å². The number of likely N-dealkylation sites (tertiary alicyclic amines) is 1. The van der Waals surface area contributed by atoms with E-state index < -0.39 is 0 Å². The molecule has 0 radical (unpaired) electrons. The van der Waals surface area contributed by atoms with Crippen molar-refractivity contribution in [3.63, 3.8) is 0 Å². The zero-order valence-corrected chi connectivity index (χ0v) is 18.6. The minimum absolute atomic E-state index is 0.128. The minimum atomic E-state index is 0.128. The summed E-state index contributed by atoms with van der Waals surface area (Å²) >= 11 is 0. The molecule has 0 bridgehead atoms. The molecule has 0 aromatic heterocycles. The van der Waals surface area contributed by atoms with Crippen molar-refractivity contribution in [2.75, 3.05) is 65.0 Å². The number of benzene rings is 1. The van der Waals surface area contributed by atoms with Crippen LogP contribution in [0.25, 0.3) is 0 Å². The van der Waals surface area contributed by atoms with Crippen LogP contribution in [0.15, 0.2) is 29.3 Å². The van der Waals surface area contributed by atoms with Gasteiger partial charge in [-0.05, 0) is 57.8 Å². The first-order valence-corrected chi connectivity index (χ1v) is 11.4. The first-order chi connectivity index (χ1) is 14.8. The molecule has 1 aromatic carbocycles. The molecule has 0 aliphatic carbocycles. The lowest BCUT2D eigenvalue weighted by molar-refractivity contribution is -0.0138.